The van der Waals surface area contributed by atoms with Crippen molar-refractivity contribution in [1.82, 2.24) is 10.6 Å². The van der Waals surface area contributed by atoms with Crippen LogP contribution in [0.3, 0.4) is 0 Å². The Labute approximate surface area is 632 Å². The molecule has 0 heterocycles. The van der Waals surface area contributed by atoms with Crippen LogP contribution in [0.4, 0.5) is 12.9 Å². The molecule has 0 unspecified atom stereocenters. The van der Waals surface area contributed by atoms with Gasteiger partial charge >= 0.3 is 69.4 Å². The molecular formula is C76H118B3ClF4Ir2N4O8S2. The minimum Gasteiger partial charge on any atom is -1.00 e. The fourth-order valence-corrected chi connectivity index (χ4v) is 14.4. The molecule has 0 aliphatic heterocycles. The molecule has 0 saturated heterocycles. The third-order valence-corrected chi connectivity index (χ3v) is 21.9. The molecular weight excluding hydrogens is 1690 g/mol. The molecule has 2 aliphatic rings. The molecule has 0 spiro atoms. The normalized spacial score (nSPS) is 20.4. The van der Waals surface area contributed by atoms with Gasteiger partial charge < -0.3 is 59.7 Å². The van der Waals surface area contributed by atoms with E-state index in [1.165, 1.54) is 17.9 Å². The largest absolute Gasteiger partial charge is 3.00 e. The second-order valence-electron chi connectivity index (χ2n) is 25.0. The van der Waals surface area contributed by atoms with Crippen LogP contribution in [-0.4, -0.2) is 71.8 Å². The van der Waals surface area contributed by atoms with Gasteiger partial charge in [0.1, 0.15) is 20.0 Å². The quantitative estimate of drug-likeness (QED) is 0.0147. The monoisotopic (exact) mass is 1810 g/mol. The molecule has 0 aromatic heterocycles. The molecule has 100 heavy (non-hydrogen) atoms. The molecule has 0 bridgehead atoms. The van der Waals surface area contributed by atoms with Crippen molar-refractivity contribution in [2.45, 2.75) is 183 Å². The fraction of sp³-hybridized carbons (Fsp3) is 0.500. The number of sulfonamides is 2. The minimum absolute atomic E-state index is 0. The van der Waals surface area contributed by atoms with Crippen molar-refractivity contribution < 1.29 is 92.6 Å². The second-order valence-corrected chi connectivity index (χ2v) is 28.2. The fourth-order valence-electron chi connectivity index (χ4n) is 12.1. The number of nitrogens with zero attached hydrogens (tertiary/aromatic N) is 2. The average molecular weight is 1810 g/mol. The van der Waals surface area contributed by atoms with Gasteiger partial charge in [-0.2, -0.15) is 0 Å². The van der Waals surface area contributed by atoms with Crippen molar-refractivity contribution in [3.63, 3.8) is 0 Å². The van der Waals surface area contributed by atoms with Crippen LogP contribution in [0.25, 0.3) is 9.44 Å². The number of benzene rings is 6. The van der Waals surface area contributed by atoms with Crippen LogP contribution in [-0.2, 0) is 58.0 Å². The second kappa shape index (κ2) is 55.8. The van der Waals surface area contributed by atoms with Crippen molar-refractivity contribution >= 4 is 51.4 Å². The summed E-state index contributed by atoms with van der Waals surface area (Å²) < 4.78 is 90.9. The van der Waals surface area contributed by atoms with E-state index in [1.54, 1.807) is 48.5 Å². The van der Waals surface area contributed by atoms with Crippen LogP contribution < -0.4 is 15.3 Å². The number of halogens is 5. The topological polar surface area (TPSA) is 201 Å². The number of hydrogen-bond acceptors (Lipinski definition) is 10. The van der Waals surface area contributed by atoms with Crippen molar-refractivity contribution in [3.8, 4) is 0 Å². The summed E-state index contributed by atoms with van der Waals surface area (Å²) >= 11 is 1.47. The molecule has 4 atom stereocenters. The summed E-state index contributed by atoms with van der Waals surface area (Å²) in [5.41, 5.74) is 5.39. The maximum atomic E-state index is 13.3. The van der Waals surface area contributed by atoms with E-state index in [1.807, 2.05) is 163 Å². The van der Waals surface area contributed by atoms with Gasteiger partial charge in [0.2, 0.25) is 0 Å². The SMILES string of the molecule is CC.CC.CC1C(C)C(C)C(C)C1C.CC1C(C)C(C)C(C)C1C.Cc1ccc(S(=O)(=O)[N-][C@H](c2ccccc2)[C@H](NCCCCB(O)O)c2ccccc2)cc1.Cc1ccc(S(=O)(=O)[N-][C@H](c2ccccc2)[C@H](NCCCCB(O)O)c2ccccc2)cc1.FB(F)F.[CH3-].[CH3-].[Cl][Ir+2].[F-].[Ir+3]. The third kappa shape index (κ3) is 36.4. The number of hydrogen-bond donors (Lipinski definition) is 6. The standard InChI is InChI=1S/2C25H30BN2O4S.2C10H20.2C2H6.2CH3.BF3.ClH.FH.2Ir/c2*1-20-14-16-23(17-15-20)33(31,32)28-25(22-12-6-3-7-13-22)24(21-10-4-2-5-11-21)27-19-9-8-18-26(29)30;2*1-6-7(2)9(4)10(5)8(6)3;2*1-2;;;2-1(3)4;;;;/h2*2-7,10-17,24-25,27,29-30H,8-9,18-19H2,1H3;2*6-10H,1-5H3;2*1-2H3;2*1H3;;2*1H;;/q2*-1;;;;;2*-1;;;;2*+3/p-2/t2*24-,25-;;;;;;;;;;;/m11.........../s1. The Hall–Kier alpha value is -3.60. The summed E-state index contributed by atoms with van der Waals surface area (Å²) in [6, 6.07) is 49.5. The summed E-state index contributed by atoms with van der Waals surface area (Å²) in [4.78, 5) is 0.329. The molecule has 6 aromatic carbocycles. The van der Waals surface area contributed by atoms with Gasteiger partial charge in [-0.05, 0) is 147 Å². The van der Waals surface area contributed by atoms with Crippen molar-refractivity contribution in [2.24, 2.45) is 59.2 Å². The first-order chi connectivity index (χ1) is 45.6. The zero-order valence-corrected chi connectivity index (χ0v) is 69.5. The smallest absolute Gasteiger partial charge is 1.00 e. The van der Waals surface area contributed by atoms with Crippen molar-refractivity contribution in [2.75, 3.05) is 13.1 Å². The van der Waals surface area contributed by atoms with Crippen LogP contribution in [0.2, 0.25) is 12.6 Å². The summed E-state index contributed by atoms with van der Waals surface area (Å²) in [7, 11) is -9.47. The van der Waals surface area contributed by atoms with Crippen LogP contribution >= 0.6 is 9.58 Å². The molecule has 6 aromatic rings. The molecule has 0 amide bonds. The van der Waals surface area contributed by atoms with Crippen LogP contribution in [0, 0.1) is 87.9 Å². The van der Waals surface area contributed by atoms with E-state index in [9.17, 15) is 29.8 Å². The molecule has 2 fully saturated rings. The van der Waals surface area contributed by atoms with E-state index in [-0.39, 0.29) is 61.5 Å². The molecule has 2 aliphatic carbocycles. The van der Waals surface area contributed by atoms with Crippen molar-refractivity contribution in [3.05, 3.63) is 228 Å². The summed E-state index contributed by atoms with van der Waals surface area (Å²) in [5, 5.41) is 43.3. The molecule has 0 radical (unpaired) electrons. The zero-order chi connectivity index (χ0) is 72.7. The van der Waals surface area contributed by atoms with E-state index in [2.05, 4.69) is 98.9 Å². The van der Waals surface area contributed by atoms with E-state index in [4.69, 9.17) is 20.1 Å². The Kier molecular flexibility index (Phi) is 57.4. The van der Waals surface area contributed by atoms with Crippen molar-refractivity contribution in [1.29, 1.82) is 0 Å². The molecule has 12 nitrogen and oxygen atoms in total. The molecule has 6 N–H and O–H groups in total. The van der Waals surface area contributed by atoms with Gasteiger partial charge in [0.15, 0.2) is 0 Å². The Bertz CT molecular complexity index is 2870. The Balaban J connectivity index is -0.000000638. The first-order valence-electron chi connectivity index (χ1n) is 34.1. The number of nitrogens with one attached hydrogen (secondary N) is 2. The molecule has 564 valence electrons. The van der Waals surface area contributed by atoms with E-state index in [0.717, 1.165) is 92.6 Å². The minimum atomic E-state index is -3.91. The first-order valence-corrected chi connectivity index (χ1v) is 39.9. The summed E-state index contributed by atoms with van der Waals surface area (Å²) in [6.07, 6.45) is 3.31. The van der Waals surface area contributed by atoms with Crippen LogP contribution in [0.5, 0.6) is 0 Å². The van der Waals surface area contributed by atoms with E-state index >= 15 is 0 Å². The van der Waals surface area contributed by atoms with Gasteiger partial charge in [-0.3, -0.25) is 12.9 Å². The number of rotatable bonds is 24. The Morgan fingerprint density at radius 2 is 0.610 bits per heavy atom. The maximum absolute atomic E-state index is 13.3. The van der Waals surface area contributed by atoms with Gasteiger partial charge in [-0.25, -0.2) is 16.8 Å². The summed E-state index contributed by atoms with van der Waals surface area (Å²) in [5.74, 6) is 9.35. The van der Waals surface area contributed by atoms with Gasteiger partial charge in [0.05, 0.1) is 0 Å². The number of aryl methyl sites for hydroxylation is 2. The van der Waals surface area contributed by atoms with Crippen LogP contribution in [0.15, 0.2) is 180 Å². The predicted molar refractivity (Wildman–Crippen MR) is 407 cm³/mol. The average Bonchev–Trinajstić information content (AvgIpc) is 1.31. The van der Waals surface area contributed by atoms with E-state index < -0.39 is 53.9 Å². The summed E-state index contributed by atoms with van der Waals surface area (Å²) in [6.45, 7) is 37.0. The molecule has 24 heteroatoms. The zero-order valence-electron chi connectivity index (χ0n) is 62.3. The molecule has 8 rings (SSSR count). The maximum Gasteiger partial charge on any atom is 3.00 e. The van der Waals surface area contributed by atoms with Gasteiger partial charge in [0.25, 0.3) is 0 Å². The molecule has 2 saturated carbocycles. The third-order valence-electron chi connectivity index (χ3n) is 19.2. The Morgan fingerprint density at radius 1 is 0.410 bits per heavy atom. The van der Waals surface area contributed by atoms with Crippen LogP contribution in [0.1, 0.15) is 180 Å². The Morgan fingerprint density at radius 3 is 0.810 bits per heavy atom. The predicted octanol–water partition coefficient (Wildman–Crippen LogP) is 16.6. The first kappa shape index (κ1) is 103. The van der Waals surface area contributed by atoms with Gasteiger partial charge in [0, 0.05) is 21.9 Å². The van der Waals surface area contributed by atoms with Gasteiger partial charge in [-0.1, -0.05) is 290 Å². The number of unbranched alkanes of at least 4 members (excludes halogenated alkanes) is 2. The van der Waals surface area contributed by atoms with E-state index in [0.29, 0.717) is 51.4 Å². The van der Waals surface area contributed by atoms with Gasteiger partial charge in [-0.15, -0.1) is 0 Å².